The van der Waals surface area contributed by atoms with Gasteiger partial charge in [0.25, 0.3) is 0 Å². The van der Waals surface area contributed by atoms with Gasteiger partial charge in [0.2, 0.25) is 0 Å². The maximum atomic E-state index is 6.20. The van der Waals surface area contributed by atoms with Gasteiger partial charge in [-0.3, -0.25) is 0 Å². The average Bonchev–Trinajstić information content (AvgIpc) is 2.96. The van der Waals surface area contributed by atoms with Gasteiger partial charge in [-0.2, -0.15) is 5.10 Å². The highest BCUT2D eigenvalue weighted by molar-refractivity contribution is 5.18. The highest BCUT2D eigenvalue weighted by Crippen LogP contribution is 2.39. The van der Waals surface area contributed by atoms with Crippen LogP contribution in [-0.2, 0) is 13.1 Å². The van der Waals surface area contributed by atoms with Crippen molar-refractivity contribution in [3.8, 4) is 0 Å². The summed E-state index contributed by atoms with van der Waals surface area (Å²) in [5, 5.41) is 4.18. The number of nitrogens with two attached hydrogens (primary N) is 1. The predicted molar refractivity (Wildman–Crippen MR) is 68.9 cm³/mol. The number of nitrogens with zero attached hydrogens (tertiary/aromatic N) is 4. The Bertz CT molecular complexity index is 523. The fourth-order valence-electron chi connectivity index (χ4n) is 2.32. The monoisotopic (exact) mass is 245 g/mol. The van der Waals surface area contributed by atoms with Crippen LogP contribution in [0.2, 0.25) is 0 Å². The van der Waals surface area contributed by atoms with Gasteiger partial charge in [-0.15, -0.1) is 0 Å². The molecule has 0 aliphatic heterocycles. The SMILES string of the molecule is CCn1ncnc1Cn1ccc(C(N)C2CC2)c1. The molecule has 0 amide bonds. The molecule has 1 unspecified atom stereocenters. The van der Waals surface area contributed by atoms with Crippen LogP contribution in [0.3, 0.4) is 0 Å². The zero-order valence-corrected chi connectivity index (χ0v) is 10.7. The maximum Gasteiger partial charge on any atom is 0.146 e. The van der Waals surface area contributed by atoms with Crippen molar-refractivity contribution in [1.29, 1.82) is 0 Å². The molecule has 2 heterocycles. The van der Waals surface area contributed by atoms with Gasteiger partial charge in [-0.05, 0) is 37.3 Å². The van der Waals surface area contributed by atoms with E-state index in [0.29, 0.717) is 5.92 Å². The average molecular weight is 245 g/mol. The van der Waals surface area contributed by atoms with Gasteiger partial charge in [-0.25, -0.2) is 9.67 Å². The van der Waals surface area contributed by atoms with Crippen molar-refractivity contribution in [3.05, 3.63) is 36.2 Å². The molecule has 1 saturated carbocycles. The zero-order valence-electron chi connectivity index (χ0n) is 10.7. The Labute approximate surface area is 107 Å². The minimum absolute atomic E-state index is 0.204. The lowest BCUT2D eigenvalue weighted by atomic mass is 10.1. The van der Waals surface area contributed by atoms with Crippen LogP contribution >= 0.6 is 0 Å². The summed E-state index contributed by atoms with van der Waals surface area (Å²) < 4.78 is 4.05. The standard InChI is InChI=1S/C13H19N5/c1-2-18-12(15-9-16-18)8-17-6-5-11(7-17)13(14)10-3-4-10/h5-7,9-10,13H,2-4,8,14H2,1H3. The summed E-state index contributed by atoms with van der Waals surface area (Å²) in [5.74, 6) is 1.68. The lowest BCUT2D eigenvalue weighted by Gasteiger charge is -2.07. The van der Waals surface area contributed by atoms with Crippen LogP contribution < -0.4 is 5.73 Å². The van der Waals surface area contributed by atoms with E-state index in [4.69, 9.17) is 5.73 Å². The van der Waals surface area contributed by atoms with E-state index < -0.39 is 0 Å². The smallest absolute Gasteiger partial charge is 0.146 e. The second kappa shape index (κ2) is 4.57. The van der Waals surface area contributed by atoms with Gasteiger partial charge in [-0.1, -0.05) is 0 Å². The second-order valence-electron chi connectivity index (χ2n) is 4.97. The van der Waals surface area contributed by atoms with Gasteiger partial charge in [0.05, 0.1) is 6.54 Å². The Morgan fingerprint density at radius 3 is 3.06 bits per heavy atom. The van der Waals surface area contributed by atoms with Crippen LogP contribution in [0.4, 0.5) is 0 Å². The molecule has 0 radical (unpaired) electrons. The minimum Gasteiger partial charge on any atom is -0.346 e. The van der Waals surface area contributed by atoms with Crippen molar-refractivity contribution < 1.29 is 0 Å². The molecule has 0 spiro atoms. The topological polar surface area (TPSA) is 61.7 Å². The predicted octanol–water partition coefficient (Wildman–Crippen LogP) is 1.56. The Hall–Kier alpha value is -1.62. The summed E-state index contributed by atoms with van der Waals surface area (Å²) in [6, 6.07) is 2.32. The number of aryl methyl sites for hydroxylation is 1. The Kier molecular flexibility index (Phi) is 2.91. The summed E-state index contributed by atoms with van der Waals surface area (Å²) in [5.41, 5.74) is 7.43. The largest absolute Gasteiger partial charge is 0.346 e. The summed E-state index contributed by atoms with van der Waals surface area (Å²) in [7, 11) is 0. The number of rotatable bonds is 5. The third-order valence-corrected chi connectivity index (χ3v) is 3.61. The first-order valence-electron chi connectivity index (χ1n) is 6.56. The van der Waals surface area contributed by atoms with Gasteiger partial charge in [0, 0.05) is 25.0 Å². The third kappa shape index (κ3) is 2.18. The molecular formula is C13H19N5. The molecule has 1 atom stereocenters. The van der Waals surface area contributed by atoms with Crippen LogP contribution in [0.1, 0.15) is 37.2 Å². The molecule has 1 aliphatic rings. The lowest BCUT2D eigenvalue weighted by Crippen LogP contribution is -2.12. The molecule has 5 nitrogen and oxygen atoms in total. The quantitative estimate of drug-likeness (QED) is 0.869. The van der Waals surface area contributed by atoms with Crippen LogP contribution in [0, 0.1) is 5.92 Å². The summed E-state index contributed by atoms with van der Waals surface area (Å²) >= 11 is 0. The molecule has 0 saturated heterocycles. The Morgan fingerprint density at radius 1 is 1.50 bits per heavy atom. The molecule has 2 aromatic heterocycles. The van der Waals surface area contributed by atoms with Gasteiger partial charge in [0.15, 0.2) is 0 Å². The molecule has 3 rings (SSSR count). The molecule has 2 N–H and O–H groups in total. The molecule has 1 fully saturated rings. The van der Waals surface area contributed by atoms with E-state index in [1.165, 1.54) is 18.4 Å². The van der Waals surface area contributed by atoms with Crippen LogP contribution in [0.25, 0.3) is 0 Å². The minimum atomic E-state index is 0.204. The molecule has 5 heteroatoms. The number of hydrogen-bond donors (Lipinski definition) is 1. The second-order valence-corrected chi connectivity index (χ2v) is 4.97. The number of aromatic nitrogens is 4. The highest BCUT2D eigenvalue weighted by Gasteiger charge is 2.29. The molecule has 2 aromatic rings. The van der Waals surface area contributed by atoms with E-state index in [1.54, 1.807) is 6.33 Å². The number of hydrogen-bond acceptors (Lipinski definition) is 3. The Balaban J connectivity index is 1.73. The molecule has 18 heavy (non-hydrogen) atoms. The van der Waals surface area contributed by atoms with Crippen molar-refractivity contribution in [3.63, 3.8) is 0 Å². The molecule has 1 aliphatic carbocycles. The summed E-state index contributed by atoms with van der Waals surface area (Å²) in [6.45, 7) is 3.68. The van der Waals surface area contributed by atoms with Gasteiger partial charge < -0.3 is 10.3 Å². The van der Waals surface area contributed by atoms with Crippen molar-refractivity contribution in [2.24, 2.45) is 11.7 Å². The third-order valence-electron chi connectivity index (χ3n) is 3.61. The lowest BCUT2D eigenvalue weighted by molar-refractivity contribution is 0.589. The zero-order chi connectivity index (χ0) is 12.5. The first-order chi connectivity index (χ1) is 8.78. The Morgan fingerprint density at radius 2 is 2.33 bits per heavy atom. The van der Waals surface area contributed by atoms with Gasteiger partial charge >= 0.3 is 0 Å². The fraction of sp³-hybridized carbons (Fsp3) is 0.538. The summed E-state index contributed by atoms with van der Waals surface area (Å²) in [4.78, 5) is 4.28. The van der Waals surface area contributed by atoms with E-state index in [-0.39, 0.29) is 6.04 Å². The van der Waals surface area contributed by atoms with Crippen LogP contribution in [0.5, 0.6) is 0 Å². The highest BCUT2D eigenvalue weighted by atomic mass is 15.3. The van der Waals surface area contributed by atoms with E-state index in [2.05, 4.69) is 40.0 Å². The van der Waals surface area contributed by atoms with E-state index in [9.17, 15) is 0 Å². The fourth-order valence-corrected chi connectivity index (χ4v) is 2.32. The molecule has 0 bridgehead atoms. The van der Waals surface area contributed by atoms with Crippen LogP contribution in [-0.4, -0.2) is 19.3 Å². The van der Waals surface area contributed by atoms with E-state index in [1.807, 2.05) is 4.68 Å². The first kappa shape index (κ1) is 11.5. The van der Waals surface area contributed by atoms with E-state index >= 15 is 0 Å². The molecule has 96 valence electrons. The molecular weight excluding hydrogens is 226 g/mol. The summed E-state index contributed by atoms with van der Waals surface area (Å²) in [6.07, 6.45) is 8.37. The van der Waals surface area contributed by atoms with Crippen molar-refractivity contribution >= 4 is 0 Å². The van der Waals surface area contributed by atoms with Crippen molar-refractivity contribution in [1.82, 2.24) is 19.3 Å². The normalized spacial score (nSPS) is 17.0. The van der Waals surface area contributed by atoms with E-state index in [0.717, 1.165) is 18.9 Å². The van der Waals surface area contributed by atoms with Crippen molar-refractivity contribution in [2.75, 3.05) is 0 Å². The van der Waals surface area contributed by atoms with Crippen molar-refractivity contribution in [2.45, 2.75) is 38.9 Å². The first-order valence-corrected chi connectivity index (χ1v) is 6.56. The van der Waals surface area contributed by atoms with Gasteiger partial charge in [0.1, 0.15) is 12.2 Å². The maximum absolute atomic E-state index is 6.20. The van der Waals surface area contributed by atoms with Crippen LogP contribution in [0.15, 0.2) is 24.8 Å². The molecule has 0 aromatic carbocycles.